The molecule has 0 aromatic carbocycles. The number of amidine groups is 2. The molecule has 2 aromatic heterocycles. The first kappa shape index (κ1) is 20.6. The zero-order valence-electron chi connectivity index (χ0n) is 17.0. The van der Waals surface area contributed by atoms with Crippen LogP contribution in [0.15, 0.2) is 45.0 Å². The first-order chi connectivity index (χ1) is 14.2. The molecule has 0 amide bonds. The van der Waals surface area contributed by atoms with E-state index in [4.69, 9.17) is 21.5 Å². The number of thiophene rings is 2. The highest BCUT2D eigenvalue weighted by Crippen LogP contribution is 2.37. The van der Waals surface area contributed by atoms with E-state index in [9.17, 15) is 0 Å². The zero-order valence-corrected chi connectivity index (χ0v) is 18.6. The third kappa shape index (κ3) is 5.70. The van der Waals surface area contributed by atoms with Gasteiger partial charge in [-0.3, -0.25) is 9.98 Å². The lowest BCUT2D eigenvalue weighted by atomic mass is 9.76. The van der Waals surface area contributed by atoms with Crippen LogP contribution >= 0.6 is 22.7 Å². The van der Waals surface area contributed by atoms with Crippen LogP contribution < -0.4 is 11.5 Å². The molecule has 0 saturated heterocycles. The van der Waals surface area contributed by atoms with Gasteiger partial charge >= 0.3 is 0 Å². The minimum absolute atomic E-state index is 0.415. The largest absolute Gasteiger partial charge is 0.383 e. The maximum Gasteiger partial charge on any atom is 0.136 e. The SMILES string of the molecule is NC(=NC1CCC(CC2CCC(N=C(N)c3cccs3)CC2)CC1)c1cccs1. The Labute approximate surface area is 182 Å². The third-order valence-corrected chi connectivity index (χ3v) is 8.27. The average molecular weight is 429 g/mol. The van der Waals surface area contributed by atoms with Crippen LogP contribution in [0.25, 0.3) is 0 Å². The van der Waals surface area contributed by atoms with E-state index in [1.807, 2.05) is 12.1 Å². The monoisotopic (exact) mass is 428 g/mol. The van der Waals surface area contributed by atoms with Crippen molar-refractivity contribution in [1.82, 2.24) is 0 Å². The van der Waals surface area contributed by atoms with Crippen molar-refractivity contribution in [3.8, 4) is 0 Å². The van der Waals surface area contributed by atoms with Gasteiger partial charge in [-0.2, -0.15) is 0 Å². The summed E-state index contributed by atoms with van der Waals surface area (Å²) in [4.78, 5) is 11.8. The smallest absolute Gasteiger partial charge is 0.136 e. The van der Waals surface area contributed by atoms with Crippen LogP contribution in [0.5, 0.6) is 0 Å². The van der Waals surface area contributed by atoms with E-state index in [0.29, 0.717) is 12.1 Å². The van der Waals surface area contributed by atoms with Crippen LogP contribution in [-0.2, 0) is 0 Å². The molecule has 4 N–H and O–H groups in total. The molecule has 29 heavy (non-hydrogen) atoms. The van der Waals surface area contributed by atoms with Crippen molar-refractivity contribution in [2.75, 3.05) is 0 Å². The van der Waals surface area contributed by atoms with Gasteiger partial charge in [0.25, 0.3) is 0 Å². The summed E-state index contributed by atoms with van der Waals surface area (Å²) in [5.41, 5.74) is 12.3. The molecule has 0 unspecified atom stereocenters. The van der Waals surface area contributed by atoms with E-state index in [0.717, 1.165) is 33.3 Å². The Kier molecular flexibility index (Phi) is 7.03. The molecule has 4 rings (SSSR count). The maximum atomic E-state index is 6.17. The molecule has 0 bridgehead atoms. The normalized spacial score (nSPS) is 29.1. The van der Waals surface area contributed by atoms with Crippen molar-refractivity contribution < 1.29 is 0 Å². The average Bonchev–Trinajstić information content (AvgIpc) is 3.45. The van der Waals surface area contributed by atoms with Gasteiger partial charge in [0.05, 0.1) is 21.8 Å². The molecule has 2 saturated carbocycles. The molecule has 0 spiro atoms. The second kappa shape index (κ2) is 9.90. The Morgan fingerprint density at radius 2 is 1.14 bits per heavy atom. The number of hydrogen-bond donors (Lipinski definition) is 2. The van der Waals surface area contributed by atoms with Gasteiger partial charge in [0, 0.05) is 0 Å². The van der Waals surface area contributed by atoms with Crippen molar-refractivity contribution in [3.05, 3.63) is 44.8 Å². The summed E-state index contributed by atoms with van der Waals surface area (Å²) in [7, 11) is 0. The molecule has 2 aliphatic rings. The zero-order chi connectivity index (χ0) is 20.1. The van der Waals surface area contributed by atoms with Crippen molar-refractivity contribution in [2.24, 2.45) is 33.3 Å². The van der Waals surface area contributed by atoms with Gasteiger partial charge < -0.3 is 11.5 Å². The Hall–Kier alpha value is -1.66. The summed E-state index contributed by atoms with van der Waals surface area (Å²) in [5, 5.41) is 4.12. The van der Waals surface area contributed by atoms with Gasteiger partial charge in [0.2, 0.25) is 0 Å². The topological polar surface area (TPSA) is 76.8 Å². The molecule has 2 heterocycles. The number of hydrogen-bond acceptors (Lipinski definition) is 4. The van der Waals surface area contributed by atoms with E-state index in [2.05, 4.69) is 22.9 Å². The van der Waals surface area contributed by atoms with E-state index in [1.54, 1.807) is 22.7 Å². The summed E-state index contributed by atoms with van der Waals surface area (Å²) < 4.78 is 0. The summed E-state index contributed by atoms with van der Waals surface area (Å²) >= 11 is 3.35. The van der Waals surface area contributed by atoms with E-state index in [-0.39, 0.29) is 0 Å². The number of aliphatic imine (C=N–C) groups is 2. The lowest BCUT2D eigenvalue weighted by Crippen LogP contribution is -2.25. The molecule has 4 nitrogen and oxygen atoms in total. The second-order valence-electron chi connectivity index (χ2n) is 8.57. The highest BCUT2D eigenvalue weighted by atomic mass is 32.1. The first-order valence-corrected chi connectivity index (χ1v) is 12.7. The summed E-state index contributed by atoms with van der Waals surface area (Å²) in [6.45, 7) is 0. The second-order valence-corrected chi connectivity index (χ2v) is 10.5. The van der Waals surface area contributed by atoms with Crippen molar-refractivity contribution in [1.29, 1.82) is 0 Å². The number of nitrogens with zero attached hydrogens (tertiary/aromatic N) is 2. The molecule has 0 radical (unpaired) electrons. The Morgan fingerprint density at radius 3 is 1.48 bits per heavy atom. The molecule has 6 heteroatoms. The fraction of sp³-hybridized carbons (Fsp3) is 0.565. The summed E-state index contributed by atoms with van der Waals surface area (Å²) in [6.07, 6.45) is 11.3. The Bertz CT molecular complexity index is 726. The molecule has 2 fully saturated rings. The fourth-order valence-electron chi connectivity index (χ4n) is 4.86. The molecule has 156 valence electrons. The van der Waals surface area contributed by atoms with Crippen LogP contribution in [0.1, 0.15) is 67.5 Å². The van der Waals surface area contributed by atoms with Gasteiger partial charge in [-0.05, 0) is 92.5 Å². The maximum absolute atomic E-state index is 6.17. The highest BCUT2D eigenvalue weighted by molar-refractivity contribution is 7.12. The van der Waals surface area contributed by atoms with E-state index < -0.39 is 0 Å². The summed E-state index contributed by atoms with van der Waals surface area (Å²) in [6, 6.07) is 9.02. The highest BCUT2D eigenvalue weighted by Gasteiger charge is 2.27. The van der Waals surface area contributed by atoms with Gasteiger partial charge in [-0.15, -0.1) is 22.7 Å². The molecular formula is C23H32N4S2. The lowest BCUT2D eigenvalue weighted by molar-refractivity contribution is 0.226. The van der Waals surface area contributed by atoms with Crippen LogP contribution in [0.4, 0.5) is 0 Å². The van der Waals surface area contributed by atoms with Crippen molar-refractivity contribution in [2.45, 2.75) is 69.9 Å². The number of rotatable bonds is 6. The predicted molar refractivity (Wildman–Crippen MR) is 126 cm³/mol. The minimum Gasteiger partial charge on any atom is -0.383 e. The minimum atomic E-state index is 0.415. The fourth-order valence-corrected chi connectivity index (χ4v) is 6.13. The molecule has 2 aliphatic carbocycles. The lowest BCUT2D eigenvalue weighted by Gasteiger charge is -2.32. The van der Waals surface area contributed by atoms with Crippen LogP contribution in [0, 0.1) is 11.8 Å². The van der Waals surface area contributed by atoms with E-state index in [1.165, 1.54) is 57.8 Å². The Balaban J connectivity index is 1.19. The molecule has 0 atom stereocenters. The molecular weight excluding hydrogens is 396 g/mol. The van der Waals surface area contributed by atoms with Crippen molar-refractivity contribution in [3.63, 3.8) is 0 Å². The van der Waals surface area contributed by atoms with Gasteiger partial charge in [0.1, 0.15) is 11.7 Å². The molecule has 2 aromatic rings. The van der Waals surface area contributed by atoms with Crippen LogP contribution in [0.3, 0.4) is 0 Å². The van der Waals surface area contributed by atoms with Gasteiger partial charge in [-0.1, -0.05) is 12.1 Å². The van der Waals surface area contributed by atoms with Crippen LogP contribution in [0.2, 0.25) is 0 Å². The Morgan fingerprint density at radius 1 is 0.724 bits per heavy atom. The first-order valence-electron chi connectivity index (χ1n) is 10.9. The standard InChI is InChI=1S/C23H32N4S2/c24-22(20-3-1-13-28-20)26-18-9-5-16(6-10-18)15-17-7-11-19(12-8-17)27-23(25)21-4-2-14-29-21/h1-4,13-14,16-19H,5-12,15H2,(H2,24,26)(H2,25,27). The van der Waals surface area contributed by atoms with Crippen molar-refractivity contribution >= 4 is 34.3 Å². The summed E-state index contributed by atoms with van der Waals surface area (Å²) in [5.74, 6) is 3.18. The quantitative estimate of drug-likeness (QED) is 0.475. The molecule has 0 aliphatic heterocycles. The predicted octanol–water partition coefficient (Wildman–Crippen LogP) is 5.43. The van der Waals surface area contributed by atoms with Gasteiger partial charge in [-0.25, -0.2) is 0 Å². The van der Waals surface area contributed by atoms with Gasteiger partial charge in [0.15, 0.2) is 0 Å². The number of nitrogens with two attached hydrogens (primary N) is 2. The van der Waals surface area contributed by atoms with E-state index >= 15 is 0 Å². The third-order valence-electron chi connectivity index (χ3n) is 6.49. The van der Waals surface area contributed by atoms with Crippen LogP contribution in [-0.4, -0.2) is 23.8 Å².